The fourth-order valence-electron chi connectivity index (χ4n) is 8.75. The minimum atomic E-state index is -4.51. The van der Waals surface area contributed by atoms with Crippen LogP contribution < -0.4 is 0 Å². The van der Waals surface area contributed by atoms with Gasteiger partial charge in [-0.3, -0.25) is 0 Å². The predicted octanol–water partition coefficient (Wildman–Crippen LogP) is 13.6. The first-order valence-electron chi connectivity index (χ1n) is 18.4. The Morgan fingerprint density at radius 1 is 0.673 bits per heavy atom. The third kappa shape index (κ3) is 7.01. The molecular formula is C44H42F6N2. The van der Waals surface area contributed by atoms with Crippen molar-refractivity contribution in [3.63, 3.8) is 0 Å². The van der Waals surface area contributed by atoms with Crippen LogP contribution in [0.25, 0.3) is 44.3 Å². The van der Waals surface area contributed by atoms with Crippen molar-refractivity contribution in [2.75, 3.05) is 0 Å². The van der Waals surface area contributed by atoms with E-state index in [4.69, 9.17) is 0 Å². The second-order valence-corrected chi connectivity index (χ2v) is 15.3. The molecule has 0 aliphatic heterocycles. The maximum atomic E-state index is 15.2. The van der Waals surface area contributed by atoms with Gasteiger partial charge in [-0.1, -0.05) is 97.8 Å². The number of H-pyrrole nitrogens is 1. The van der Waals surface area contributed by atoms with Crippen molar-refractivity contribution in [3.05, 3.63) is 119 Å². The van der Waals surface area contributed by atoms with Crippen molar-refractivity contribution < 1.29 is 26.3 Å². The molecule has 2 saturated carbocycles. The number of aromatic amines is 1. The van der Waals surface area contributed by atoms with Gasteiger partial charge in [0.2, 0.25) is 0 Å². The molecule has 52 heavy (non-hydrogen) atoms. The maximum absolute atomic E-state index is 15.2. The lowest BCUT2D eigenvalue weighted by Crippen LogP contribution is -2.26. The smallest absolute Gasteiger partial charge is 0.354 e. The first-order valence-corrected chi connectivity index (χ1v) is 18.4. The van der Waals surface area contributed by atoms with Crippen molar-refractivity contribution >= 4 is 21.8 Å². The van der Waals surface area contributed by atoms with E-state index in [1.54, 1.807) is 0 Å². The van der Waals surface area contributed by atoms with E-state index in [0.29, 0.717) is 39.8 Å². The summed E-state index contributed by atoms with van der Waals surface area (Å²) in [5, 5.41) is 1.44. The molecule has 0 bridgehead atoms. The SMILES string of the molecule is Cc1ccc2c([C@H](CC(F)(F)F)C(C3CC3)n3c(-c4ccccc4)c([C@H](CC4CC4)CC(F)(F)F)c4ccc(C)cc43)c(-c3ccccc3)[nH]c2c1. The van der Waals surface area contributed by atoms with Crippen molar-refractivity contribution in [1.82, 2.24) is 9.55 Å². The molecule has 3 atom stereocenters. The molecule has 0 spiro atoms. The van der Waals surface area contributed by atoms with Gasteiger partial charge in [-0.15, -0.1) is 0 Å². The number of nitrogens with one attached hydrogen (secondary N) is 1. The highest BCUT2D eigenvalue weighted by molar-refractivity contribution is 5.94. The number of nitrogens with zero attached hydrogens (tertiary/aromatic N) is 1. The second kappa shape index (κ2) is 13.2. The molecule has 1 N–H and O–H groups in total. The highest BCUT2D eigenvalue weighted by atomic mass is 19.4. The van der Waals surface area contributed by atoms with Gasteiger partial charge in [-0.25, -0.2) is 0 Å². The van der Waals surface area contributed by atoms with E-state index < -0.39 is 43.1 Å². The van der Waals surface area contributed by atoms with Crippen LogP contribution in [-0.4, -0.2) is 21.9 Å². The minimum absolute atomic E-state index is 0.0951. The van der Waals surface area contributed by atoms with Gasteiger partial charge in [0, 0.05) is 33.8 Å². The average Bonchev–Trinajstić information content (AvgIpc) is 4.03. The van der Waals surface area contributed by atoms with Crippen molar-refractivity contribution in [1.29, 1.82) is 0 Å². The van der Waals surface area contributed by atoms with Crippen LogP contribution in [-0.2, 0) is 0 Å². The molecule has 2 nitrogen and oxygen atoms in total. The van der Waals surface area contributed by atoms with Crippen LogP contribution >= 0.6 is 0 Å². The van der Waals surface area contributed by atoms with E-state index >= 15 is 13.2 Å². The molecule has 0 radical (unpaired) electrons. The summed E-state index contributed by atoms with van der Waals surface area (Å²) in [6.45, 7) is 3.90. The highest BCUT2D eigenvalue weighted by Crippen LogP contribution is 2.58. The first-order chi connectivity index (χ1) is 24.8. The number of aromatic nitrogens is 2. The fraction of sp³-hybridized carbons (Fsp3) is 0.364. The number of hydrogen-bond donors (Lipinski definition) is 1. The van der Waals surface area contributed by atoms with E-state index in [-0.39, 0.29) is 11.8 Å². The van der Waals surface area contributed by atoms with E-state index in [2.05, 4.69) is 9.55 Å². The summed E-state index contributed by atoms with van der Waals surface area (Å²) in [5.74, 6) is -1.75. The molecule has 2 aromatic heterocycles. The van der Waals surface area contributed by atoms with E-state index in [1.165, 1.54) is 0 Å². The largest absolute Gasteiger partial charge is 0.389 e. The zero-order valence-electron chi connectivity index (χ0n) is 29.3. The molecular weight excluding hydrogens is 670 g/mol. The Hall–Kier alpha value is -4.46. The molecule has 2 fully saturated rings. The van der Waals surface area contributed by atoms with Crippen LogP contribution in [0.15, 0.2) is 97.1 Å². The number of halogens is 6. The Balaban J connectivity index is 1.46. The van der Waals surface area contributed by atoms with E-state index in [0.717, 1.165) is 58.8 Å². The van der Waals surface area contributed by atoms with Crippen molar-refractivity contribution in [2.45, 2.75) is 89.0 Å². The van der Waals surface area contributed by atoms with E-state index in [9.17, 15) is 13.2 Å². The predicted molar refractivity (Wildman–Crippen MR) is 197 cm³/mol. The molecule has 4 aromatic carbocycles. The monoisotopic (exact) mass is 712 g/mol. The standard InChI is InChI=1S/C44H42F6N2/c1-26-13-19-33-36(21-26)51-40(29-9-5-3-6-10-29)39(33)35(25-44(48,49)50)41(31-17-18-31)52-37-22-27(2)14-20-34(37)38(42(52)30-11-7-4-8-12-30)32(23-28-15-16-28)24-43(45,46)47/h3-14,19-22,28,31-32,35,41,51H,15-18,23-25H2,1-2H3/t32-,35+,41?/m1/s1. The lowest BCUT2D eigenvalue weighted by atomic mass is 9.82. The lowest BCUT2D eigenvalue weighted by molar-refractivity contribution is -0.142. The molecule has 2 aliphatic rings. The third-order valence-corrected chi connectivity index (χ3v) is 11.1. The Kier molecular flexibility index (Phi) is 8.78. The number of benzene rings is 4. The molecule has 1 unspecified atom stereocenters. The van der Waals surface area contributed by atoms with Gasteiger partial charge < -0.3 is 9.55 Å². The van der Waals surface area contributed by atoms with Crippen LogP contribution in [0.1, 0.15) is 85.1 Å². The Bertz CT molecular complexity index is 2200. The second-order valence-electron chi connectivity index (χ2n) is 15.3. The molecule has 2 heterocycles. The summed E-state index contributed by atoms with van der Waals surface area (Å²) >= 11 is 0. The molecule has 8 heteroatoms. The minimum Gasteiger partial charge on any atom is -0.354 e. The average molecular weight is 713 g/mol. The Morgan fingerprint density at radius 3 is 1.87 bits per heavy atom. The van der Waals surface area contributed by atoms with E-state index in [1.807, 2.05) is 111 Å². The molecule has 2 aliphatic carbocycles. The topological polar surface area (TPSA) is 20.7 Å². The fourth-order valence-corrected chi connectivity index (χ4v) is 8.75. The number of hydrogen-bond acceptors (Lipinski definition) is 0. The summed E-state index contributed by atoms with van der Waals surface area (Å²) in [4.78, 5) is 3.52. The van der Waals surface area contributed by atoms with Gasteiger partial charge in [0.25, 0.3) is 0 Å². The molecule has 6 aromatic rings. The van der Waals surface area contributed by atoms with Gasteiger partial charge in [0.15, 0.2) is 0 Å². The first kappa shape index (κ1) is 34.6. The summed E-state index contributed by atoms with van der Waals surface area (Å²) in [6, 6.07) is 29.8. The summed E-state index contributed by atoms with van der Waals surface area (Å²) in [5.41, 5.74) is 7.37. The van der Waals surface area contributed by atoms with Gasteiger partial charge in [-0.05, 0) is 96.4 Å². The molecule has 0 amide bonds. The summed E-state index contributed by atoms with van der Waals surface area (Å²) in [6.07, 6.45) is -7.30. The number of fused-ring (bicyclic) bond motifs is 2. The van der Waals surface area contributed by atoms with Crippen LogP contribution in [0, 0.1) is 25.7 Å². The van der Waals surface area contributed by atoms with Crippen LogP contribution in [0.5, 0.6) is 0 Å². The summed E-state index contributed by atoms with van der Waals surface area (Å²) in [7, 11) is 0. The number of alkyl halides is 6. The summed E-state index contributed by atoms with van der Waals surface area (Å²) < 4.78 is 91.1. The number of rotatable bonds is 11. The molecule has 270 valence electrons. The maximum Gasteiger partial charge on any atom is 0.389 e. The molecule has 0 saturated heterocycles. The van der Waals surface area contributed by atoms with Gasteiger partial charge in [0.1, 0.15) is 0 Å². The third-order valence-electron chi connectivity index (χ3n) is 11.1. The lowest BCUT2D eigenvalue weighted by Gasteiger charge is -2.33. The van der Waals surface area contributed by atoms with Crippen molar-refractivity contribution in [2.24, 2.45) is 11.8 Å². The normalized spacial score (nSPS) is 17.2. The highest BCUT2D eigenvalue weighted by Gasteiger charge is 2.48. The van der Waals surface area contributed by atoms with Crippen LogP contribution in [0.2, 0.25) is 0 Å². The van der Waals surface area contributed by atoms with Gasteiger partial charge in [-0.2, -0.15) is 26.3 Å². The number of aryl methyl sites for hydroxylation is 2. The van der Waals surface area contributed by atoms with Crippen LogP contribution in [0.4, 0.5) is 26.3 Å². The van der Waals surface area contributed by atoms with Gasteiger partial charge in [0.05, 0.1) is 24.2 Å². The van der Waals surface area contributed by atoms with Crippen molar-refractivity contribution in [3.8, 4) is 22.5 Å². The van der Waals surface area contributed by atoms with Gasteiger partial charge >= 0.3 is 12.4 Å². The zero-order valence-corrected chi connectivity index (χ0v) is 29.3. The quantitative estimate of drug-likeness (QED) is 0.129. The van der Waals surface area contributed by atoms with Crippen LogP contribution in [0.3, 0.4) is 0 Å². The Morgan fingerprint density at radius 2 is 1.27 bits per heavy atom. The zero-order chi connectivity index (χ0) is 36.4. The Labute approximate surface area is 299 Å². The molecule has 8 rings (SSSR count).